The number of nitrogens with zero attached hydrogens (tertiary/aromatic N) is 1. The van der Waals surface area contributed by atoms with Crippen LogP contribution in [0.2, 0.25) is 0 Å². The van der Waals surface area contributed by atoms with Crippen LogP contribution in [0.5, 0.6) is 5.75 Å². The average Bonchev–Trinajstić information content (AvgIpc) is 2.76. The molecular weight excluding hydrogens is 523 g/mol. The van der Waals surface area contributed by atoms with E-state index in [2.05, 4.69) is 4.18 Å². The molecule has 2 rings (SSSR count). The molecule has 0 aliphatic heterocycles. The molecule has 1 fully saturated rings. The zero-order valence-electron chi connectivity index (χ0n) is 21.4. The summed E-state index contributed by atoms with van der Waals surface area (Å²) < 4.78 is 82.9. The first-order valence-electron chi connectivity index (χ1n) is 11.8. The highest BCUT2D eigenvalue weighted by Crippen LogP contribution is 2.35. The van der Waals surface area contributed by atoms with Crippen molar-refractivity contribution in [3.8, 4) is 5.75 Å². The lowest BCUT2D eigenvalue weighted by atomic mass is 9.83. The van der Waals surface area contributed by atoms with Crippen molar-refractivity contribution < 1.29 is 49.9 Å². The quantitative estimate of drug-likeness (QED) is 0.199. The molecule has 1 aliphatic rings. The Hall–Kier alpha value is -2.16. The van der Waals surface area contributed by atoms with E-state index in [0.717, 1.165) is 23.6 Å². The lowest BCUT2D eigenvalue weighted by molar-refractivity contribution is -0.160. The van der Waals surface area contributed by atoms with Crippen molar-refractivity contribution >= 4 is 16.1 Å². The second kappa shape index (κ2) is 12.1. The van der Waals surface area contributed by atoms with Crippen molar-refractivity contribution in [3.05, 3.63) is 28.2 Å². The molecular formula is C23H34F3NO9S. The Balaban J connectivity index is 2.57. The third-order valence-electron chi connectivity index (χ3n) is 5.84. The van der Waals surface area contributed by atoms with Gasteiger partial charge in [0.2, 0.25) is 0 Å². The van der Waals surface area contributed by atoms with Crippen LogP contribution in [-0.4, -0.2) is 55.0 Å². The summed E-state index contributed by atoms with van der Waals surface area (Å²) in [6.07, 6.45) is 2.06. The molecule has 212 valence electrons. The second-order valence-corrected chi connectivity index (χ2v) is 11.3. The van der Waals surface area contributed by atoms with Crippen LogP contribution in [0.15, 0.2) is 17.1 Å². The highest BCUT2D eigenvalue weighted by molar-refractivity contribution is 7.88. The molecule has 0 saturated heterocycles. The molecule has 14 heteroatoms. The fourth-order valence-corrected chi connectivity index (χ4v) is 4.55. The lowest BCUT2D eigenvalue weighted by Crippen LogP contribution is -2.37. The molecule has 1 aromatic rings. The van der Waals surface area contributed by atoms with Gasteiger partial charge in [0.05, 0.1) is 11.7 Å². The minimum absolute atomic E-state index is 0.00221. The third kappa shape index (κ3) is 8.42. The fourth-order valence-electron chi connectivity index (χ4n) is 4.07. The first kappa shape index (κ1) is 31.1. The second-order valence-electron chi connectivity index (χ2n) is 9.79. The fraction of sp³-hybridized carbons (Fsp3) is 0.739. The maximum Gasteiger partial charge on any atom is 0.534 e. The van der Waals surface area contributed by atoms with Crippen molar-refractivity contribution in [2.45, 2.75) is 89.3 Å². The van der Waals surface area contributed by atoms with Crippen LogP contribution >= 0.6 is 0 Å². The standard InChI is InChI=1S/C23H34F3NO9S/c1-6-34-20(29)16-13-27(19(28)12-18(16)36-37(31,32)23(24,25)26)17(21(30)35-22(2,3)4)11-14-7-9-15(33-5)10-8-14/h12-15,17,20,29H,6-11H2,1-5H3. The lowest BCUT2D eigenvalue weighted by Gasteiger charge is -2.32. The number of carbonyl (C=O) groups is 1. The van der Waals surface area contributed by atoms with Crippen LogP contribution in [0, 0.1) is 5.92 Å². The maximum atomic E-state index is 13.2. The summed E-state index contributed by atoms with van der Waals surface area (Å²) in [7, 11) is -4.55. The normalized spacial score (nSPS) is 20.8. The number of aromatic nitrogens is 1. The predicted molar refractivity (Wildman–Crippen MR) is 125 cm³/mol. The van der Waals surface area contributed by atoms with E-state index in [-0.39, 0.29) is 25.0 Å². The van der Waals surface area contributed by atoms with Gasteiger partial charge in [-0.3, -0.25) is 4.79 Å². The van der Waals surface area contributed by atoms with Crippen LogP contribution in [0.1, 0.15) is 77.7 Å². The van der Waals surface area contributed by atoms with E-state index in [9.17, 15) is 36.3 Å². The van der Waals surface area contributed by atoms with Gasteiger partial charge in [0, 0.05) is 26.0 Å². The molecule has 0 radical (unpaired) electrons. The number of carbonyl (C=O) groups excluding carboxylic acids is 1. The van der Waals surface area contributed by atoms with Crippen LogP contribution in [-0.2, 0) is 29.1 Å². The number of hydrogen-bond donors (Lipinski definition) is 1. The molecule has 1 N–H and O–H groups in total. The SMILES string of the molecule is CCOC(O)c1cn(C(CC2CCC(OC)CC2)C(=O)OC(C)(C)C)c(=O)cc1OS(=O)(=O)C(F)(F)F. The molecule has 2 unspecified atom stereocenters. The Morgan fingerprint density at radius 1 is 1.19 bits per heavy atom. The number of esters is 1. The Morgan fingerprint density at radius 2 is 1.78 bits per heavy atom. The molecule has 1 aromatic heterocycles. The van der Waals surface area contributed by atoms with Gasteiger partial charge >= 0.3 is 21.6 Å². The van der Waals surface area contributed by atoms with E-state index in [4.69, 9.17) is 14.2 Å². The van der Waals surface area contributed by atoms with Crippen molar-refractivity contribution in [2.24, 2.45) is 5.92 Å². The zero-order chi connectivity index (χ0) is 28.2. The minimum atomic E-state index is -6.16. The molecule has 1 aliphatic carbocycles. The van der Waals surface area contributed by atoms with Gasteiger partial charge in [0.15, 0.2) is 12.0 Å². The number of aliphatic hydroxyl groups excluding tert-OH is 1. The Bertz CT molecular complexity index is 1090. The van der Waals surface area contributed by atoms with Crippen molar-refractivity contribution in [2.75, 3.05) is 13.7 Å². The number of halogens is 3. The average molecular weight is 558 g/mol. The summed E-state index contributed by atoms with van der Waals surface area (Å²) in [6.45, 7) is 6.28. The molecule has 0 aromatic carbocycles. The monoisotopic (exact) mass is 557 g/mol. The van der Waals surface area contributed by atoms with Crippen LogP contribution < -0.4 is 9.74 Å². The Morgan fingerprint density at radius 3 is 2.27 bits per heavy atom. The van der Waals surface area contributed by atoms with Crippen LogP contribution in [0.4, 0.5) is 13.2 Å². The van der Waals surface area contributed by atoms with E-state index in [1.165, 1.54) is 6.92 Å². The van der Waals surface area contributed by atoms with E-state index < -0.39 is 56.4 Å². The molecule has 1 saturated carbocycles. The number of methoxy groups -OCH3 is 1. The highest BCUT2D eigenvalue weighted by Gasteiger charge is 2.49. The molecule has 0 bridgehead atoms. The Kier molecular flexibility index (Phi) is 10.2. The summed E-state index contributed by atoms with van der Waals surface area (Å²) in [6, 6.07) is -0.739. The number of hydrogen-bond acceptors (Lipinski definition) is 9. The summed E-state index contributed by atoms with van der Waals surface area (Å²) in [5.41, 5.74) is -8.30. The van der Waals surface area contributed by atoms with Gasteiger partial charge in [-0.15, -0.1) is 0 Å². The predicted octanol–water partition coefficient (Wildman–Crippen LogP) is 3.58. The summed E-state index contributed by atoms with van der Waals surface area (Å²) in [5, 5.41) is 10.4. The minimum Gasteiger partial charge on any atom is -0.458 e. The first-order chi connectivity index (χ1) is 17.0. The molecule has 10 nitrogen and oxygen atoms in total. The van der Waals surface area contributed by atoms with Gasteiger partial charge in [-0.05, 0) is 65.7 Å². The largest absolute Gasteiger partial charge is 0.534 e. The molecule has 1 heterocycles. The van der Waals surface area contributed by atoms with Crippen LogP contribution in [0.3, 0.4) is 0 Å². The number of pyridine rings is 1. The van der Waals surface area contributed by atoms with Crippen LogP contribution in [0.25, 0.3) is 0 Å². The number of aliphatic hydroxyl groups is 1. The van der Waals surface area contributed by atoms with Gasteiger partial charge in [0.1, 0.15) is 11.6 Å². The number of rotatable bonds is 10. The maximum absolute atomic E-state index is 13.2. The number of ether oxygens (including phenoxy) is 3. The van der Waals surface area contributed by atoms with E-state index in [0.29, 0.717) is 18.9 Å². The third-order valence-corrected chi connectivity index (χ3v) is 6.81. The van der Waals surface area contributed by atoms with Gasteiger partial charge in [0.25, 0.3) is 5.56 Å². The first-order valence-corrected chi connectivity index (χ1v) is 13.2. The molecule has 0 spiro atoms. The smallest absolute Gasteiger partial charge is 0.458 e. The molecule has 2 atom stereocenters. The van der Waals surface area contributed by atoms with E-state index >= 15 is 0 Å². The van der Waals surface area contributed by atoms with Gasteiger partial charge in [-0.1, -0.05) is 0 Å². The van der Waals surface area contributed by atoms with Gasteiger partial charge in [-0.2, -0.15) is 21.6 Å². The van der Waals surface area contributed by atoms with Crippen molar-refractivity contribution in [1.82, 2.24) is 4.57 Å². The van der Waals surface area contributed by atoms with E-state index in [1.807, 2.05) is 0 Å². The van der Waals surface area contributed by atoms with Crippen molar-refractivity contribution in [3.63, 3.8) is 0 Å². The molecule has 0 amide bonds. The van der Waals surface area contributed by atoms with Gasteiger partial charge < -0.3 is 28.1 Å². The summed E-state index contributed by atoms with van der Waals surface area (Å²) >= 11 is 0. The van der Waals surface area contributed by atoms with E-state index in [1.54, 1.807) is 27.9 Å². The number of alkyl halides is 3. The zero-order valence-corrected chi connectivity index (χ0v) is 22.2. The Labute approximate surface area is 213 Å². The van der Waals surface area contributed by atoms with Crippen molar-refractivity contribution in [1.29, 1.82) is 0 Å². The summed E-state index contributed by atoms with van der Waals surface area (Å²) in [5.74, 6) is -1.84. The topological polar surface area (TPSA) is 130 Å². The summed E-state index contributed by atoms with van der Waals surface area (Å²) in [4.78, 5) is 26.2. The van der Waals surface area contributed by atoms with Gasteiger partial charge in [-0.25, -0.2) is 4.79 Å². The highest BCUT2D eigenvalue weighted by atomic mass is 32.2. The molecule has 37 heavy (non-hydrogen) atoms.